The number of hydrogen-bond donors (Lipinski definition) is 4. The molecule has 4 amide bonds. The van der Waals surface area contributed by atoms with Crippen LogP contribution in [0, 0.1) is 18.3 Å². The van der Waals surface area contributed by atoms with E-state index in [4.69, 9.17) is 10.7 Å². The number of carbonyl (C=O) groups excluding carboxylic acids is 4. The van der Waals surface area contributed by atoms with Crippen LogP contribution >= 0.6 is 0 Å². The third-order valence-corrected chi connectivity index (χ3v) is 7.51. The maximum atomic E-state index is 13.3. The molecule has 0 radical (unpaired) electrons. The minimum absolute atomic E-state index is 0.226. The summed E-state index contributed by atoms with van der Waals surface area (Å²) >= 11 is 0. The zero-order chi connectivity index (χ0) is 30.5. The van der Waals surface area contributed by atoms with Crippen LogP contribution in [0.25, 0.3) is 17.0 Å². The fourth-order valence-electron chi connectivity index (χ4n) is 4.78. The molecule has 1 aliphatic heterocycles. The van der Waals surface area contributed by atoms with Crippen molar-refractivity contribution < 1.29 is 19.2 Å². The molecule has 10 nitrogen and oxygen atoms in total. The summed E-state index contributed by atoms with van der Waals surface area (Å²) in [5.41, 5.74) is 11.4. The lowest BCUT2D eigenvalue weighted by Gasteiger charge is -2.34. The molecule has 222 valence electrons. The molecule has 1 fully saturated rings. The fourth-order valence-corrected chi connectivity index (χ4v) is 4.78. The van der Waals surface area contributed by atoms with Crippen LogP contribution in [0.3, 0.4) is 0 Å². The Morgan fingerprint density at radius 2 is 1.88 bits per heavy atom. The second-order valence-corrected chi connectivity index (χ2v) is 11.8. The Labute approximate surface area is 242 Å². The first-order valence-corrected chi connectivity index (χ1v) is 14.3. The molecule has 1 aromatic carbocycles. The van der Waals surface area contributed by atoms with Gasteiger partial charge in [-0.3, -0.25) is 29.2 Å². The largest absolute Gasteiger partial charge is 0.368 e. The molecule has 1 aliphatic rings. The van der Waals surface area contributed by atoms with Gasteiger partial charge in [0.1, 0.15) is 18.1 Å². The molecule has 1 saturated heterocycles. The van der Waals surface area contributed by atoms with Crippen molar-refractivity contribution in [2.24, 2.45) is 17.1 Å². The van der Waals surface area contributed by atoms with Gasteiger partial charge in [0.15, 0.2) is 0 Å². The van der Waals surface area contributed by atoms with Crippen molar-refractivity contribution in [2.75, 3.05) is 6.54 Å². The van der Waals surface area contributed by atoms with E-state index in [0.717, 1.165) is 28.6 Å². The number of primary amides is 1. The fraction of sp³-hybridized carbons (Fsp3) is 0.516. The topological polar surface area (TPSA) is 147 Å². The molecule has 0 aliphatic carbocycles. The Hall–Kier alpha value is -3.79. The number of nitrogens with one attached hydrogen (secondary N) is 3. The highest BCUT2D eigenvalue weighted by Gasteiger charge is 2.34. The summed E-state index contributed by atoms with van der Waals surface area (Å²) in [7, 11) is 0. The predicted octanol–water partition coefficient (Wildman–Crippen LogP) is 2.77. The van der Waals surface area contributed by atoms with Crippen molar-refractivity contribution in [2.45, 2.75) is 85.9 Å². The number of pyridine rings is 1. The van der Waals surface area contributed by atoms with E-state index in [0.29, 0.717) is 19.4 Å². The lowest BCUT2D eigenvalue weighted by Crippen LogP contribution is -2.61. The van der Waals surface area contributed by atoms with Gasteiger partial charge in [0.05, 0.1) is 10.9 Å². The Kier molecular flexibility index (Phi) is 10.3. The molecule has 0 spiro atoms. The summed E-state index contributed by atoms with van der Waals surface area (Å²) in [5, 5.41) is 7.99. The lowest BCUT2D eigenvalue weighted by molar-refractivity contribution is -0.143. The normalized spacial score (nSPS) is 17.5. The van der Waals surface area contributed by atoms with Crippen molar-refractivity contribution in [3.8, 4) is 0 Å². The van der Waals surface area contributed by atoms with Gasteiger partial charge >= 0.3 is 0 Å². The minimum atomic E-state index is -0.916. The van der Waals surface area contributed by atoms with Crippen LogP contribution < -0.4 is 21.8 Å². The van der Waals surface area contributed by atoms with E-state index in [-0.39, 0.29) is 17.7 Å². The standard InChI is InChI=1S/C31H44N6O4/c1-8-23-19(4)16-22-12-11-21(17-25(22)34-23)13-14-31(6,7)30(41)35-26(18(2)3)28(39)33-20(5)29(40)37-15-9-10-24(36-37)27(32)38/h11-14,16-18,20,24,26,36H,8-10,15H2,1-7H3,(H2,32,38)(H,33,39)(H,35,41)/b14-13+/t20-,24?,26-/m0/s1. The smallest absolute Gasteiger partial charge is 0.258 e. The van der Waals surface area contributed by atoms with E-state index < -0.39 is 35.4 Å². The predicted molar refractivity (Wildman–Crippen MR) is 160 cm³/mol. The zero-order valence-corrected chi connectivity index (χ0v) is 25.2. The maximum absolute atomic E-state index is 13.3. The van der Waals surface area contributed by atoms with Crippen LogP contribution in [0.15, 0.2) is 30.3 Å². The number of hydrogen-bond acceptors (Lipinski definition) is 6. The monoisotopic (exact) mass is 564 g/mol. The molecule has 1 unspecified atom stereocenters. The van der Waals surface area contributed by atoms with E-state index in [2.05, 4.69) is 36.0 Å². The van der Waals surface area contributed by atoms with Gasteiger partial charge in [0.2, 0.25) is 17.7 Å². The summed E-state index contributed by atoms with van der Waals surface area (Å²) in [5.74, 6) is -1.91. The highest BCUT2D eigenvalue weighted by molar-refractivity contribution is 5.94. The number of carbonyl (C=O) groups is 4. The molecule has 2 heterocycles. The lowest BCUT2D eigenvalue weighted by atomic mass is 9.89. The van der Waals surface area contributed by atoms with E-state index in [9.17, 15) is 19.2 Å². The number of hydrazine groups is 1. The summed E-state index contributed by atoms with van der Waals surface area (Å²) in [6.07, 6.45) is 5.73. The van der Waals surface area contributed by atoms with E-state index >= 15 is 0 Å². The maximum Gasteiger partial charge on any atom is 0.258 e. The Bertz CT molecular complexity index is 1340. The van der Waals surface area contributed by atoms with Crippen molar-refractivity contribution in [1.82, 2.24) is 26.1 Å². The summed E-state index contributed by atoms with van der Waals surface area (Å²) in [6.45, 7) is 13.4. The number of nitrogens with zero attached hydrogens (tertiary/aromatic N) is 2. The SMILES string of the molecule is CCc1nc2cc(/C=C/C(C)(C)C(=O)N[C@H](C(=O)N[C@@H](C)C(=O)N3CCCC(C(N)=O)N3)C(C)C)ccc2cc1C. The Morgan fingerprint density at radius 1 is 1.17 bits per heavy atom. The van der Waals surface area contributed by atoms with Crippen LogP contribution in [0.1, 0.15) is 71.2 Å². The van der Waals surface area contributed by atoms with Gasteiger partial charge in [-0.1, -0.05) is 45.1 Å². The molecule has 3 atom stereocenters. The average Bonchev–Trinajstić information content (AvgIpc) is 2.93. The highest BCUT2D eigenvalue weighted by Crippen LogP contribution is 2.23. The number of nitrogens with two attached hydrogens (primary N) is 1. The van der Waals surface area contributed by atoms with Crippen LogP contribution in [-0.2, 0) is 25.6 Å². The summed E-state index contributed by atoms with van der Waals surface area (Å²) in [6, 6.07) is 5.81. The van der Waals surface area contributed by atoms with E-state index in [1.165, 1.54) is 10.6 Å². The third kappa shape index (κ3) is 7.91. The first kappa shape index (κ1) is 31.7. The van der Waals surface area contributed by atoms with Crippen molar-refractivity contribution in [1.29, 1.82) is 0 Å². The molecule has 0 saturated carbocycles. The molecule has 1 aromatic heterocycles. The molecule has 10 heteroatoms. The van der Waals surface area contributed by atoms with Gasteiger partial charge in [-0.2, -0.15) is 0 Å². The van der Waals surface area contributed by atoms with Crippen LogP contribution in [0.5, 0.6) is 0 Å². The minimum Gasteiger partial charge on any atom is -0.368 e. The van der Waals surface area contributed by atoms with Gasteiger partial charge in [-0.25, -0.2) is 5.43 Å². The molecular weight excluding hydrogens is 520 g/mol. The molecule has 2 aromatic rings. The number of aryl methyl sites for hydroxylation is 2. The van der Waals surface area contributed by atoms with E-state index in [1.807, 2.05) is 44.2 Å². The van der Waals surface area contributed by atoms with Gasteiger partial charge < -0.3 is 16.4 Å². The van der Waals surface area contributed by atoms with Crippen LogP contribution in [0.2, 0.25) is 0 Å². The van der Waals surface area contributed by atoms with Crippen molar-refractivity contribution in [3.05, 3.63) is 47.2 Å². The number of rotatable bonds is 10. The van der Waals surface area contributed by atoms with Gasteiger partial charge in [-0.15, -0.1) is 0 Å². The van der Waals surface area contributed by atoms with E-state index in [1.54, 1.807) is 20.8 Å². The first-order valence-electron chi connectivity index (χ1n) is 14.3. The van der Waals surface area contributed by atoms with Gasteiger partial charge in [-0.05, 0) is 76.1 Å². The number of aromatic nitrogens is 1. The Balaban J connectivity index is 1.66. The molecule has 41 heavy (non-hydrogen) atoms. The second-order valence-electron chi connectivity index (χ2n) is 11.8. The van der Waals surface area contributed by atoms with Gasteiger partial charge in [0, 0.05) is 17.6 Å². The molecular formula is C31H44N6O4. The molecule has 0 bridgehead atoms. The number of fused-ring (bicyclic) bond motifs is 1. The first-order chi connectivity index (χ1) is 19.2. The third-order valence-electron chi connectivity index (χ3n) is 7.51. The Morgan fingerprint density at radius 3 is 2.51 bits per heavy atom. The number of amides is 4. The molecule has 3 rings (SSSR count). The highest BCUT2D eigenvalue weighted by atomic mass is 16.2. The van der Waals surface area contributed by atoms with Crippen LogP contribution in [-0.4, -0.2) is 58.3 Å². The van der Waals surface area contributed by atoms with Gasteiger partial charge in [0.25, 0.3) is 5.91 Å². The number of benzene rings is 1. The average molecular weight is 565 g/mol. The summed E-state index contributed by atoms with van der Waals surface area (Å²) in [4.78, 5) is 55.7. The summed E-state index contributed by atoms with van der Waals surface area (Å²) < 4.78 is 0. The van der Waals surface area contributed by atoms with Crippen LogP contribution in [0.4, 0.5) is 0 Å². The molecule has 5 N–H and O–H groups in total. The quantitative estimate of drug-likeness (QED) is 0.349. The van der Waals surface area contributed by atoms with Crippen molar-refractivity contribution in [3.63, 3.8) is 0 Å². The second kappa shape index (κ2) is 13.2. The van der Waals surface area contributed by atoms with Crippen molar-refractivity contribution >= 4 is 40.6 Å². The zero-order valence-electron chi connectivity index (χ0n) is 25.2.